The number of hydrogen-bond acceptors (Lipinski definition) is 9. The zero-order valence-electron chi connectivity index (χ0n) is 38.8. The number of fused-ring (bicyclic) bond motifs is 2. The first-order chi connectivity index (χ1) is 33.2. The van der Waals surface area contributed by atoms with E-state index in [-0.39, 0.29) is 38.3 Å². The van der Waals surface area contributed by atoms with E-state index >= 15 is 0 Å². The highest BCUT2D eigenvalue weighted by atomic mass is 35.5. The Balaban J connectivity index is 1.10. The summed E-state index contributed by atoms with van der Waals surface area (Å²) in [7, 11) is 2.01. The fraction of sp³-hybridized carbons (Fsp3) is 0.423. The van der Waals surface area contributed by atoms with E-state index in [9.17, 15) is 28.0 Å². The Morgan fingerprint density at radius 1 is 0.855 bits per heavy atom. The third kappa shape index (κ3) is 12.5. The summed E-state index contributed by atoms with van der Waals surface area (Å²) in [5.41, 5.74) is 2.78. The quantitative estimate of drug-likeness (QED) is 0.116. The minimum atomic E-state index is -3.20. The zero-order valence-corrected chi connectivity index (χ0v) is 40.3. The number of carbonyl (C=O) groups excluding carboxylic acids is 4. The lowest BCUT2D eigenvalue weighted by Crippen LogP contribution is -2.63. The molecule has 17 heteroatoms. The summed E-state index contributed by atoms with van der Waals surface area (Å²) in [6.45, 7) is 0.764. The molecule has 0 saturated carbocycles. The van der Waals surface area contributed by atoms with Gasteiger partial charge in [0.05, 0.1) is 55.0 Å². The summed E-state index contributed by atoms with van der Waals surface area (Å²) in [5.74, 6) is -2.52. The molecule has 3 saturated heterocycles. The fourth-order valence-electron chi connectivity index (χ4n) is 9.78. The number of likely N-dealkylation sites (tertiary alicyclic amines) is 1. The Bertz CT molecular complexity index is 2600. The van der Waals surface area contributed by atoms with Crippen molar-refractivity contribution >= 4 is 46.7 Å². The van der Waals surface area contributed by atoms with E-state index < -0.39 is 60.7 Å². The second kappa shape index (κ2) is 22.3. The Kier molecular flexibility index (Phi) is 16.1. The molecule has 364 valence electrons. The number of carbonyl (C=O) groups is 4. The number of alkyl halides is 2. The van der Waals surface area contributed by atoms with Crippen LogP contribution in [0.4, 0.5) is 8.78 Å². The van der Waals surface area contributed by atoms with Crippen LogP contribution in [0.1, 0.15) is 68.1 Å². The van der Waals surface area contributed by atoms with Crippen LogP contribution in [-0.4, -0.2) is 104 Å². The number of ether oxygens (including phenoxy) is 2. The molecule has 4 atom stereocenters. The lowest BCUT2D eigenvalue weighted by molar-refractivity contribution is -0.155. The van der Waals surface area contributed by atoms with Crippen LogP contribution < -0.4 is 10.1 Å². The van der Waals surface area contributed by atoms with Crippen LogP contribution in [0.15, 0.2) is 97.3 Å². The van der Waals surface area contributed by atoms with Crippen LogP contribution in [0.3, 0.4) is 0 Å². The van der Waals surface area contributed by atoms with Gasteiger partial charge >= 0.3 is 6.61 Å². The van der Waals surface area contributed by atoms with Gasteiger partial charge in [-0.3, -0.25) is 29.1 Å². The van der Waals surface area contributed by atoms with E-state index in [4.69, 9.17) is 37.7 Å². The van der Waals surface area contributed by atoms with Gasteiger partial charge in [-0.1, -0.05) is 47.5 Å². The van der Waals surface area contributed by atoms with Crippen LogP contribution in [0, 0.1) is 11.8 Å². The Hall–Kier alpha value is -5.74. The monoisotopic (exact) mass is 983 g/mol. The van der Waals surface area contributed by atoms with Gasteiger partial charge in [0.1, 0.15) is 17.3 Å². The summed E-state index contributed by atoms with van der Waals surface area (Å²) >= 11 is 12.8. The number of nitrogens with one attached hydrogen (secondary N) is 1. The number of aromatic nitrogens is 3. The Labute approximate surface area is 411 Å². The number of nitrogens with zero attached hydrogens (tertiary/aromatic N) is 6. The predicted molar refractivity (Wildman–Crippen MR) is 258 cm³/mol. The minimum Gasteiger partial charge on any atom is -0.457 e. The van der Waals surface area contributed by atoms with Crippen LogP contribution in [-0.2, 0) is 56.9 Å². The van der Waals surface area contributed by atoms with Crippen LogP contribution >= 0.6 is 23.2 Å². The molecule has 3 aromatic carbocycles. The van der Waals surface area contributed by atoms with E-state index in [0.717, 1.165) is 42.3 Å². The zero-order chi connectivity index (χ0) is 48.7. The minimum absolute atomic E-state index is 0.0674. The fourth-order valence-corrected chi connectivity index (χ4v) is 10.1. The van der Waals surface area contributed by atoms with E-state index in [1.165, 1.54) is 24.7 Å². The summed E-state index contributed by atoms with van der Waals surface area (Å²) in [4.78, 5) is 73.5. The SMILES string of the molecule is C[C@H]1C(=O)C[C@@H](COC(F)F)C(=O)N[C@@]2(Cc3ccc(Cl)cc3)CCCN(C2)C(=O)[C@H](Cc2ccccn2)CC(=O)N1Cc1ccc(Cl)cc1Oc1ccc(-c2cnc(CN3CCCC3)n2C)cc1. The number of halogens is 4. The molecule has 0 unspecified atom stereocenters. The average molecular weight is 985 g/mol. The van der Waals surface area contributed by atoms with Crippen molar-refractivity contribution in [1.29, 1.82) is 0 Å². The molecule has 0 radical (unpaired) electrons. The average Bonchev–Trinajstić information content (AvgIpc) is 3.99. The summed E-state index contributed by atoms with van der Waals surface area (Å²) in [6.07, 6.45) is 6.46. The van der Waals surface area contributed by atoms with Gasteiger partial charge in [-0.15, -0.1) is 0 Å². The maximum Gasteiger partial charge on any atom is 0.345 e. The number of rotatable bonds is 14. The van der Waals surface area contributed by atoms with Crippen molar-refractivity contribution in [2.24, 2.45) is 18.9 Å². The highest BCUT2D eigenvalue weighted by Crippen LogP contribution is 2.34. The largest absolute Gasteiger partial charge is 0.457 e. The van der Waals surface area contributed by atoms with Gasteiger partial charge in [0.2, 0.25) is 17.7 Å². The molecule has 2 bridgehead atoms. The third-order valence-corrected chi connectivity index (χ3v) is 14.1. The highest BCUT2D eigenvalue weighted by Gasteiger charge is 2.43. The van der Waals surface area contributed by atoms with Gasteiger partial charge in [-0.05, 0) is 118 Å². The van der Waals surface area contributed by atoms with Gasteiger partial charge in [0.25, 0.3) is 0 Å². The van der Waals surface area contributed by atoms with Crippen molar-refractivity contribution in [1.82, 2.24) is 34.6 Å². The molecule has 3 amide bonds. The third-order valence-electron chi connectivity index (χ3n) is 13.6. The molecule has 5 aromatic rings. The van der Waals surface area contributed by atoms with E-state index in [0.29, 0.717) is 52.2 Å². The molecule has 0 aliphatic carbocycles. The number of hydrogen-bond donors (Lipinski definition) is 1. The number of Topliss-reactive ketones (excluding diaryl/α,β-unsaturated/α-hetero) is 1. The molecule has 8 rings (SSSR count). The van der Waals surface area contributed by atoms with Crippen molar-refractivity contribution in [2.75, 3.05) is 32.8 Å². The molecule has 3 fully saturated rings. The number of amides is 3. The van der Waals surface area contributed by atoms with Crippen molar-refractivity contribution in [3.05, 3.63) is 130 Å². The van der Waals surface area contributed by atoms with Crippen molar-refractivity contribution in [3.63, 3.8) is 0 Å². The summed E-state index contributed by atoms with van der Waals surface area (Å²) in [5, 5.41) is 4.01. The number of pyridine rings is 1. The van der Waals surface area contributed by atoms with Crippen LogP contribution in [0.25, 0.3) is 11.3 Å². The van der Waals surface area contributed by atoms with Gasteiger partial charge in [0, 0.05) is 72.5 Å². The highest BCUT2D eigenvalue weighted by molar-refractivity contribution is 6.31. The molecule has 1 N–H and O–H groups in total. The van der Waals surface area contributed by atoms with E-state index in [2.05, 4.69) is 19.8 Å². The standard InChI is InChI=1S/C52H57Cl2F2N7O6/c1-34-45(64)25-39(32-68-51(55)56)49(66)59-52(28-35-9-14-40(53)15-10-35)19-7-23-62(33-52)50(67)38(24-42-8-3-4-20-57-42)26-48(65)63(34)30-37-11-16-41(54)27-46(37)69-43-17-12-36(13-18-43)44-29-58-47(60(44)2)31-61-21-5-6-22-61/h3-4,8-18,20,27,29,34,38-39,51H,5-7,19,21-26,28,30-33H2,1-2H3,(H,59,66)/t34-,38+,39-,52+/m0/s1. The number of piperidine rings is 1. The molecule has 2 aromatic heterocycles. The van der Waals surface area contributed by atoms with Crippen LogP contribution in [0.2, 0.25) is 10.0 Å². The second-order valence-corrected chi connectivity index (χ2v) is 19.4. The normalized spacial score (nSPS) is 22.0. The molecular formula is C52H57Cl2F2N7O6. The van der Waals surface area contributed by atoms with Gasteiger partial charge in [-0.25, -0.2) is 4.98 Å². The number of benzene rings is 3. The van der Waals surface area contributed by atoms with E-state index in [1.54, 1.807) is 53.6 Å². The number of imidazole rings is 1. The first-order valence-corrected chi connectivity index (χ1v) is 24.2. The van der Waals surface area contributed by atoms with Gasteiger partial charge in [-0.2, -0.15) is 8.78 Å². The van der Waals surface area contributed by atoms with E-state index in [1.807, 2.05) is 55.7 Å². The molecule has 13 nitrogen and oxygen atoms in total. The van der Waals surface area contributed by atoms with Crippen molar-refractivity contribution in [2.45, 2.75) is 89.6 Å². The first-order valence-electron chi connectivity index (χ1n) is 23.5. The molecule has 3 aliphatic heterocycles. The molecule has 0 spiro atoms. The Morgan fingerprint density at radius 3 is 2.33 bits per heavy atom. The summed E-state index contributed by atoms with van der Waals surface area (Å²) < 4.78 is 40.6. The number of ketones is 1. The lowest BCUT2D eigenvalue weighted by atomic mass is 9.81. The van der Waals surface area contributed by atoms with Crippen molar-refractivity contribution in [3.8, 4) is 22.8 Å². The smallest absolute Gasteiger partial charge is 0.345 e. The van der Waals surface area contributed by atoms with Gasteiger partial charge in [0.15, 0.2) is 5.78 Å². The molecule has 69 heavy (non-hydrogen) atoms. The maximum absolute atomic E-state index is 15.0. The molecular weight excluding hydrogens is 928 g/mol. The van der Waals surface area contributed by atoms with Crippen LogP contribution in [0.5, 0.6) is 11.5 Å². The topological polar surface area (TPSA) is 139 Å². The summed E-state index contributed by atoms with van der Waals surface area (Å²) in [6, 6.07) is 23.8. The first kappa shape index (κ1) is 49.7. The maximum atomic E-state index is 15.0. The Morgan fingerprint density at radius 2 is 1.61 bits per heavy atom. The molecule has 3 aliphatic rings. The van der Waals surface area contributed by atoms with Gasteiger partial charge < -0.3 is 29.2 Å². The molecule has 5 heterocycles. The predicted octanol–water partition coefficient (Wildman–Crippen LogP) is 8.69. The van der Waals surface area contributed by atoms with Crippen molar-refractivity contribution < 1.29 is 37.4 Å². The lowest BCUT2D eigenvalue weighted by Gasteiger charge is -2.45. The second-order valence-electron chi connectivity index (χ2n) is 18.5.